The van der Waals surface area contributed by atoms with E-state index < -0.39 is 21.1 Å². The molecule has 0 aliphatic carbocycles. The first-order valence-electron chi connectivity index (χ1n) is 6.78. The lowest BCUT2D eigenvalue weighted by Crippen LogP contribution is -2.29. The molecule has 0 radical (unpaired) electrons. The van der Waals surface area contributed by atoms with E-state index in [1.807, 2.05) is 0 Å². The van der Waals surface area contributed by atoms with Crippen molar-refractivity contribution in [2.45, 2.75) is 11.8 Å². The monoisotopic (exact) mass is 444 g/mol. The van der Waals surface area contributed by atoms with Gasteiger partial charge in [-0.1, -0.05) is 11.6 Å². The number of aromatic amines is 2. The number of hydrogen-bond donors (Lipinski definition) is 3. The van der Waals surface area contributed by atoms with Crippen LogP contribution in [0.25, 0.3) is 11.0 Å². The number of H-pyrrole nitrogens is 2. The molecule has 25 heavy (non-hydrogen) atoms. The van der Waals surface area contributed by atoms with Crippen LogP contribution in [-0.4, -0.2) is 23.4 Å². The molecule has 0 aliphatic rings. The highest BCUT2D eigenvalue weighted by atomic mass is 79.9. The van der Waals surface area contributed by atoms with Crippen molar-refractivity contribution in [3.8, 4) is 0 Å². The van der Waals surface area contributed by atoms with Crippen molar-refractivity contribution in [3.63, 3.8) is 0 Å². The first kappa shape index (κ1) is 17.6. The second-order valence-electron chi connectivity index (χ2n) is 5.16. The lowest BCUT2D eigenvalue weighted by atomic mass is 10.2. The van der Waals surface area contributed by atoms with Crippen LogP contribution in [0, 0.1) is 6.92 Å². The standard InChI is InChI=1S/C14H10BrClN4O4S/c1-6-2-9-10(19-14(22)13(21)18-9)4-11(6)25(23,24)20-12-3-8(16)7(15)5-17-12/h2-5H,1H3,(H,17,20)(H,18,21)(H,19,22). The van der Waals surface area contributed by atoms with E-state index in [0.29, 0.717) is 20.6 Å². The van der Waals surface area contributed by atoms with E-state index in [4.69, 9.17) is 11.6 Å². The topological polar surface area (TPSA) is 125 Å². The second-order valence-corrected chi connectivity index (χ2v) is 8.07. The first-order chi connectivity index (χ1) is 11.7. The third-order valence-corrected chi connectivity index (χ3v) is 6.02. The molecule has 0 bridgehead atoms. The third kappa shape index (κ3) is 3.46. The number of nitrogens with zero attached hydrogens (tertiary/aromatic N) is 1. The predicted octanol–water partition coefficient (Wildman–Crippen LogP) is 2.14. The lowest BCUT2D eigenvalue weighted by Gasteiger charge is -2.11. The summed E-state index contributed by atoms with van der Waals surface area (Å²) in [6.45, 7) is 1.57. The van der Waals surface area contributed by atoms with E-state index in [-0.39, 0.29) is 16.2 Å². The number of pyridine rings is 1. The van der Waals surface area contributed by atoms with Crippen molar-refractivity contribution < 1.29 is 8.42 Å². The Bertz CT molecular complexity index is 1220. The number of rotatable bonds is 3. The van der Waals surface area contributed by atoms with E-state index in [2.05, 4.69) is 35.6 Å². The molecular weight excluding hydrogens is 436 g/mol. The molecule has 8 nitrogen and oxygen atoms in total. The number of aryl methyl sites for hydroxylation is 1. The average Bonchev–Trinajstić information content (AvgIpc) is 2.51. The zero-order valence-electron chi connectivity index (χ0n) is 12.6. The van der Waals surface area contributed by atoms with Gasteiger partial charge in [-0.15, -0.1) is 0 Å². The maximum absolute atomic E-state index is 12.6. The Hall–Kier alpha value is -2.17. The van der Waals surface area contributed by atoms with Gasteiger partial charge in [0.25, 0.3) is 10.0 Å². The fraction of sp³-hybridized carbons (Fsp3) is 0.0714. The zero-order valence-corrected chi connectivity index (χ0v) is 15.7. The summed E-state index contributed by atoms with van der Waals surface area (Å²) in [6, 6.07) is 4.09. The molecule has 0 spiro atoms. The smallest absolute Gasteiger partial charge is 0.314 e. The summed E-state index contributed by atoms with van der Waals surface area (Å²) in [5, 5.41) is 0.296. The molecule has 2 aromatic heterocycles. The Morgan fingerprint density at radius 3 is 2.32 bits per heavy atom. The molecule has 0 saturated carbocycles. The number of sulfonamides is 1. The number of anilines is 1. The van der Waals surface area contributed by atoms with Crippen molar-refractivity contribution in [2.24, 2.45) is 0 Å². The normalized spacial score (nSPS) is 11.6. The van der Waals surface area contributed by atoms with Crippen molar-refractivity contribution in [2.75, 3.05) is 4.72 Å². The van der Waals surface area contributed by atoms with Crippen LogP contribution in [0.1, 0.15) is 5.56 Å². The van der Waals surface area contributed by atoms with Gasteiger partial charge >= 0.3 is 11.1 Å². The van der Waals surface area contributed by atoms with Gasteiger partial charge in [0.15, 0.2) is 0 Å². The molecule has 3 aromatic rings. The van der Waals surface area contributed by atoms with E-state index in [9.17, 15) is 18.0 Å². The van der Waals surface area contributed by atoms with Crippen molar-refractivity contribution in [1.82, 2.24) is 15.0 Å². The van der Waals surface area contributed by atoms with Crippen molar-refractivity contribution in [1.29, 1.82) is 0 Å². The number of aromatic nitrogens is 3. The highest BCUT2D eigenvalue weighted by Gasteiger charge is 2.19. The van der Waals surface area contributed by atoms with E-state index in [1.54, 1.807) is 6.92 Å². The largest absolute Gasteiger partial charge is 0.316 e. The Morgan fingerprint density at radius 1 is 1.12 bits per heavy atom. The molecule has 3 N–H and O–H groups in total. The van der Waals surface area contributed by atoms with Gasteiger partial charge < -0.3 is 9.97 Å². The predicted molar refractivity (Wildman–Crippen MR) is 97.7 cm³/mol. The summed E-state index contributed by atoms with van der Waals surface area (Å²) in [6.07, 6.45) is 1.37. The maximum atomic E-state index is 12.6. The Kier molecular flexibility index (Phi) is 4.43. The van der Waals surface area contributed by atoms with Gasteiger partial charge in [-0.3, -0.25) is 14.3 Å². The molecule has 1 aromatic carbocycles. The van der Waals surface area contributed by atoms with E-state index in [1.165, 1.54) is 24.4 Å². The first-order valence-corrected chi connectivity index (χ1v) is 9.43. The van der Waals surface area contributed by atoms with Gasteiger partial charge in [-0.2, -0.15) is 0 Å². The Morgan fingerprint density at radius 2 is 1.72 bits per heavy atom. The van der Waals surface area contributed by atoms with Gasteiger partial charge in [0.05, 0.1) is 25.4 Å². The Balaban J connectivity index is 2.11. The van der Waals surface area contributed by atoms with Crippen LogP contribution in [0.3, 0.4) is 0 Å². The number of halogens is 2. The minimum atomic E-state index is -3.99. The number of benzene rings is 1. The molecule has 0 aliphatic heterocycles. The molecule has 0 fully saturated rings. The van der Waals surface area contributed by atoms with Crippen LogP contribution in [0.2, 0.25) is 5.02 Å². The Labute approximate surface area is 154 Å². The van der Waals surface area contributed by atoms with E-state index in [0.717, 1.165) is 0 Å². The number of hydrogen-bond acceptors (Lipinski definition) is 5. The second kappa shape index (κ2) is 6.28. The number of fused-ring (bicyclic) bond motifs is 1. The van der Waals surface area contributed by atoms with Gasteiger partial charge in [0.2, 0.25) is 0 Å². The van der Waals surface area contributed by atoms with E-state index >= 15 is 0 Å². The molecule has 3 rings (SSSR count). The highest BCUT2D eigenvalue weighted by Crippen LogP contribution is 2.26. The summed E-state index contributed by atoms with van der Waals surface area (Å²) in [4.78, 5) is 31.4. The van der Waals surface area contributed by atoms with Crippen LogP contribution >= 0.6 is 27.5 Å². The SMILES string of the molecule is Cc1cc2[nH]c(=O)c(=O)[nH]c2cc1S(=O)(=O)Nc1cc(Cl)c(Br)cn1. The third-order valence-electron chi connectivity index (χ3n) is 3.35. The summed E-state index contributed by atoms with van der Waals surface area (Å²) >= 11 is 9.11. The fourth-order valence-electron chi connectivity index (χ4n) is 2.21. The van der Waals surface area contributed by atoms with Crippen LogP contribution < -0.4 is 15.8 Å². The molecule has 0 atom stereocenters. The molecule has 0 unspecified atom stereocenters. The minimum absolute atomic E-state index is 0.0441. The summed E-state index contributed by atoms with van der Waals surface area (Å²) in [5.74, 6) is 0.0441. The van der Waals surface area contributed by atoms with Gasteiger partial charge in [-0.25, -0.2) is 13.4 Å². The molecule has 130 valence electrons. The van der Waals surface area contributed by atoms with Crippen LogP contribution in [0.4, 0.5) is 5.82 Å². The molecule has 0 saturated heterocycles. The molecule has 0 amide bonds. The minimum Gasteiger partial charge on any atom is -0.316 e. The molecule has 2 heterocycles. The average molecular weight is 446 g/mol. The van der Waals surface area contributed by atoms with Crippen LogP contribution in [-0.2, 0) is 10.0 Å². The maximum Gasteiger partial charge on any atom is 0.314 e. The van der Waals surface area contributed by atoms with Crippen LogP contribution in [0.15, 0.2) is 43.4 Å². The van der Waals surface area contributed by atoms with Crippen molar-refractivity contribution >= 4 is 54.4 Å². The van der Waals surface area contributed by atoms with Gasteiger partial charge in [-0.05, 0) is 40.5 Å². The summed E-state index contributed by atoms with van der Waals surface area (Å²) in [7, 11) is -3.99. The number of nitrogens with one attached hydrogen (secondary N) is 3. The quantitative estimate of drug-likeness (QED) is 0.533. The molecule has 11 heteroatoms. The lowest BCUT2D eigenvalue weighted by molar-refractivity contribution is 0.600. The highest BCUT2D eigenvalue weighted by molar-refractivity contribution is 9.10. The molecular formula is C14H10BrClN4O4S. The summed E-state index contributed by atoms with van der Waals surface area (Å²) < 4.78 is 28.1. The van der Waals surface area contributed by atoms with Gasteiger partial charge in [0.1, 0.15) is 5.82 Å². The van der Waals surface area contributed by atoms with Crippen LogP contribution in [0.5, 0.6) is 0 Å². The van der Waals surface area contributed by atoms with Gasteiger partial charge in [0, 0.05) is 12.3 Å². The summed E-state index contributed by atoms with van der Waals surface area (Å²) in [5.41, 5.74) is -0.780. The fourth-order valence-corrected chi connectivity index (χ4v) is 3.83. The van der Waals surface area contributed by atoms with Crippen molar-refractivity contribution in [3.05, 3.63) is 60.2 Å². The zero-order chi connectivity index (χ0) is 18.4.